The summed E-state index contributed by atoms with van der Waals surface area (Å²) in [5, 5.41) is 3.69. The zero-order chi connectivity index (χ0) is 13.1. The number of methoxy groups -OCH3 is 1. The molecule has 1 aliphatic carbocycles. The average Bonchev–Trinajstić information content (AvgIpc) is 3.18. The molecule has 1 aliphatic rings. The molecule has 100 valence electrons. The van der Waals surface area contributed by atoms with Crippen molar-refractivity contribution < 1.29 is 4.74 Å². The van der Waals surface area contributed by atoms with Gasteiger partial charge < -0.3 is 10.1 Å². The summed E-state index contributed by atoms with van der Waals surface area (Å²) in [5.74, 6) is 1.88. The normalized spacial score (nSPS) is 16.7. The summed E-state index contributed by atoms with van der Waals surface area (Å²) in [7, 11) is 1.79. The molecule has 18 heavy (non-hydrogen) atoms. The molecule has 0 saturated heterocycles. The quantitative estimate of drug-likeness (QED) is 0.826. The van der Waals surface area contributed by atoms with Crippen LogP contribution in [0.4, 0.5) is 0 Å². The third-order valence-electron chi connectivity index (χ3n) is 3.95. The van der Waals surface area contributed by atoms with Crippen LogP contribution < -0.4 is 10.1 Å². The Bertz CT molecular complexity index is 410. The van der Waals surface area contributed by atoms with Crippen LogP contribution in [0.25, 0.3) is 0 Å². The lowest BCUT2D eigenvalue weighted by Crippen LogP contribution is -2.24. The van der Waals surface area contributed by atoms with E-state index in [2.05, 4.69) is 38.2 Å². The van der Waals surface area contributed by atoms with Gasteiger partial charge in [-0.2, -0.15) is 0 Å². The molecule has 1 atom stereocenters. The van der Waals surface area contributed by atoms with E-state index >= 15 is 0 Å². The maximum atomic E-state index is 5.66. The van der Waals surface area contributed by atoms with Gasteiger partial charge in [0.1, 0.15) is 5.75 Å². The van der Waals surface area contributed by atoms with Crippen LogP contribution in [0, 0.1) is 19.8 Å². The molecule has 1 aromatic carbocycles. The van der Waals surface area contributed by atoms with E-state index < -0.39 is 0 Å². The zero-order valence-corrected chi connectivity index (χ0v) is 12.0. The number of nitrogens with one attached hydrogen (secondary N) is 1. The Morgan fingerprint density at radius 2 is 2.06 bits per heavy atom. The molecule has 1 unspecified atom stereocenters. The van der Waals surface area contributed by atoms with Crippen molar-refractivity contribution >= 4 is 0 Å². The predicted octanol–water partition coefficient (Wildman–Crippen LogP) is 3.76. The summed E-state index contributed by atoms with van der Waals surface area (Å²) in [4.78, 5) is 0. The molecular formula is C16H25NO. The Labute approximate surface area is 111 Å². The van der Waals surface area contributed by atoms with Crippen LogP contribution in [0.2, 0.25) is 0 Å². The van der Waals surface area contributed by atoms with Gasteiger partial charge in [-0.1, -0.05) is 19.1 Å². The van der Waals surface area contributed by atoms with Gasteiger partial charge in [-0.05, 0) is 56.7 Å². The van der Waals surface area contributed by atoms with Crippen LogP contribution in [0.3, 0.4) is 0 Å². The van der Waals surface area contributed by atoms with E-state index in [0.29, 0.717) is 6.04 Å². The van der Waals surface area contributed by atoms with Crippen molar-refractivity contribution in [3.63, 3.8) is 0 Å². The fourth-order valence-corrected chi connectivity index (χ4v) is 2.59. The van der Waals surface area contributed by atoms with E-state index in [1.165, 1.54) is 36.0 Å². The molecule has 2 rings (SSSR count). The van der Waals surface area contributed by atoms with Crippen molar-refractivity contribution in [3.05, 3.63) is 28.8 Å². The van der Waals surface area contributed by atoms with E-state index in [1.54, 1.807) is 7.11 Å². The summed E-state index contributed by atoms with van der Waals surface area (Å²) < 4.78 is 5.66. The lowest BCUT2D eigenvalue weighted by atomic mass is 9.96. The molecule has 1 saturated carbocycles. The van der Waals surface area contributed by atoms with Crippen molar-refractivity contribution in [2.24, 2.45) is 5.92 Å². The first-order valence-electron chi connectivity index (χ1n) is 7.06. The Hall–Kier alpha value is -1.02. The van der Waals surface area contributed by atoms with Gasteiger partial charge in [0.15, 0.2) is 0 Å². The number of benzene rings is 1. The minimum Gasteiger partial charge on any atom is -0.496 e. The van der Waals surface area contributed by atoms with Crippen LogP contribution in [0.5, 0.6) is 5.75 Å². The molecule has 2 heteroatoms. The summed E-state index contributed by atoms with van der Waals surface area (Å²) in [6.07, 6.45) is 3.87. The Balaban J connectivity index is 2.31. The minimum atomic E-state index is 0.471. The topological polar surface area (TPSA) is 21.3 Å². The maximum Gasteiger partial charge on any atom is 0.126 e. The predicted molar refractivity (Wildman–Crippen MR) is 76.2 cm³/mol. The second kappa shape index (κ2) is 5.75. The van der Waals surface area contributed by atoms with E-state index in [-0.39, 0.29) is 0 Å². The molecule has 0 bridgehead atoms. The van der Waals surface area contributed by atoms with E-state index in [0.717, 1.165) is 18.2 Å². The number of rotatable bonds is 6. The Kier molecular flexibility index (Phi) is 4.28. The number of ether oxygens (including phenoxy) is 1. The third kappa shape index (κ3) is 2.69. The molecule has 2 nitrogen and oxygen atoms in total. The highest BCUT2D eigenvalue weighted by molar-refractivity contribution is 5.47. The number of hydrogen-bond acceptors (Lipinski definition) is 2. The Morgan fingerprint density at radius 3 is 2.61 bits per heavy atom. The molecule has 1 N–H and O–H groups in total. The SMILES string of the molecule is CCCNC(c1ccc(C)c(C)c1OC)C1CC1. The fraction of sp³-hybridized carbons (Fsp3) is 0.625. The van der Waals surface area contributed by atoms with Crippen LogP contribution in [-0.4, -0.2) is 13.7 Å². The van der Waals surface area contributed by atoms with Gasteiger partial charge in [0.2, 0.25) is 0 Å². The van der Waals surface area contributed by atoms with Crippen LogP contribution >= 0.6 is 0 Å². The molecule has 0 radical (unpaired) electrons. The molecule has 0 heterocycles. The van der Waals surface area contributed by atoms with E-state index in [9.17, 15) is 0 Å². The van der Waals surface area contributed by atoms with Crippen molar-refractivity contribution in [2.45, 2.75) is 46.1 Å². The summed E-state index contributed by atoms with van der Waals surface area (Å²) in [6, 6.07) is 4.93. The molecule has 0 aromatic heterocycles. The van der Waals surface area contributed by atoms with Gasteiger partial charge in [-0.15, -0.1) is 0 Å². The molecule has 0 aliphatic heterocycles. The highest BCUT2D eigenvalue weighted by Crippen LogP contribution is 2.44. The van der Waals surface area contributed by atoms with Gasteiger partial charge >= 0.3 is 0 Å². The summed E-state index contributed by atoms with van der Waals surface area (Å²) in [5.41, 5.74) is 3.93. The Morgan fingerprint density at radius 1 is 1.33 bits per heavy atom. The molecule has 1 aromatic rings. The second-order valence-electron chi connectivity index (χ2n) is 5.40. The molecule has 0 amide bonds. The van der Waals surface area contributed by atoms with Gasteiger partial charge in [-0.25, -0.2) is 0 Å². The lowest BCUT2D eigenvalue weighted by Gasteiger charge is -2.23. The molecule has 0 spiro atoms. The largest absolute Gasteiger partial charge is 0.496 e. The van der Waals surface area contributed by atoms with Crippen molar-refractivity contribution in [3.8, 4) is 5.75 Å². The monoisotopic (exact) mass is 247 g/mol. The highest BCUT2D eigenvalue weighted by Gasteiger charge is 2.33. The minimum absolute atomic E-state index is 0.471. The van der Waals surface area contributed by atoms with Gasteiger partial charge in [0.05, 0.1) is 7.11 Å². The fourth-order valence-electron chi connectivity index (χ4n) is 2.59. The van der Waals surface area contributed by atoms with Crippen molar-refractivity contribution in [1.29, 1.82) is 0 Å². The second-order valence-corrected chi connectivity index (χ2v) is 5.40. The van der Waals surface area contributed by atoms with Crippen LogP contribution in [0.1, 0.15) is 48.9 Å². The first-order chi connectivity index (χ1) is 8.69. The van der Waals surface area contributed by atoms with Crippen molar-refractivity contribution in [2.75, 3.05) is 13.7 Å². The van der Waals surface area contributed by atoms with Crippen LogP contribution in [-0.2, 0) is 0 Å². The highest BCUT2D eigenvalue weighted by atomic mass is 16.5. The van der Waals surface area contributed by atoms with Crippen molar-refractivity contribution in [1.82, 2.24) is 5.32 Å². The summed E-state index contributed by atoms with van der Waals surface area (Å²) >= 11 is 0. The lowest BCUT2D eigenvalue weighted by molar-refractivity contribution is 0.388. The molecular weight excluding hydrogens is 222 g/mol. The standard InChI is InChI=1S/C16H25NO/c1-5-10-17-15(13-7-8-13)14-9-6-11(2)12(3)16(14)18-4/h6,9,13,15,17H,5,7-8,10H2,1-4H3. The van der Waals surface area contributed by atoms with Gasteiger partial charge in [0, 0.05) is 11.6 Å². The number of hydrogen-bond donors (Lipinski definition) is 1. The zero-order valence-electron chi connectivity index (χ0n) is 12.0. The average molecular weight is 247 g/mol. The first kappa shape index (κ1) is 13.4. The third-order valence-corrected chi connectivity index (χ3v) is 3.95. The number of aryl methyl sites for hydroxylation is 1. The van der Waals surface area contributed by atoms with Gasteiger partial charge in [-0.3, -0.25) is 0 Å². The van der Waals surface area contributed by atoms with E-state index in [4.69, 9.17) is 4.74 Å². The molecule has 1 fully saturated rings. The van der Waals surface area contributed by atoms with E-state index in [1.807, 2.05) is 0 Å². The van der Waals surface area contributed by atoms with Crippen LogP contribution in [0.15, 0.2) is 12.1 Å². The maximum absolute atomic E-state index is 5.66. The first-order valence-corrected chi connectivity index (χ1v) is 7.06. The van der Waals surface area contributed by atoms with Gasteiger partial charge in [0.25, 0.3) is 0 Å². The smallest absolute Gasteiger partial charge is 0.126 e. The summed E-state index contributed by atoms with van der Waals surface area (Å²) in [6.45, 7) is 7.60.